The summed E-state index contributed by atoms with van der Waals surface area (Å²) in [6.45, 7) is 8.29. The van der Waals surface area contributed by atoms with E-state index in [0.29, 0.717) is 17.4 Å². The highest BCUT2D eigenvalue weighted by molar-refractivity contribution is 7.91. The standard InChI is InChI=1S/C12H27NO2S/c1-4-8-13-11-12(3)7-6-10-16(14,15)9-5-2/h12-13H,4-11H2,1-3H3. The highest BCUT2D eigenvalue weighted by atomic mass is 32.2. The summed E-state index contributed by atoms with van der Waals surface area (Å²) in [4.78, 5) is 0. The van der Waals surface area contributed by atoms with Gasteiger partial charge in [-0.3, -0.25) is 0 Å². The second-order valence-corrected chi connectivity index (χ2v) is 6.91. The lowest BCUT2D eigenvalue weighted by Crippen LogP contribution is -2.22. The third-order valence-electron chi connectivity index (χ3n) is 2.59. The number of hydrogen-bond acceptors (Lipinski definition) is 3. The molecule has 0 aromatic carbocycles. The van der Waals surface area contributed by atoms with E-state index in [9.17, 15) is 8.42 Å². The summed E-state index contributed by atoms with van der Waals surface area (Å²) in [5.74, 6) is 1.28. The molecule has 0 radical (unpaired) electrons. The van der Waals surface area contributed by atoms with Crippen molar-refractivity contribution < 1.29 is 8.42 Å². The van der Waals surface area contributed by atoms with Crippen LogP contribution in [-0.2, 0) is 9.84 Å². The molecule has 0 heterocycles. The van der Waals surface area contributed by atoms with Gasteiger partial charge in [-0.05, 0) is 44.7 Å². The number of nitrogens with one attached hydrogen (secondary N) is 1. The van der Waals surface area contributed by atoms with Gasteiger partial charge in [-0.1, -0.05) is 20.8 Å². The molecule has 0 saturated carbocycles. The van der Waals surface area contributed by atoms with Crippen LogP contribution in [0.15, 0.2) is 0 Å². The summed E-state index contributed by atoms with van der Waals surface area (Å²) < 4.78 is 22.9. The van der Waals surface area contributed by atoms with Crippen LogP contribution in [0.2, 0.25) is 0 Å². The van der Waals surface area contributed by atoms with Crippen LogP contribution >= 0.6 is 0 Å². The molecule has 0 rings (SSSR count). The Balaban J connectivity index is 3.57. The molecule has 0 aliphatic rings. The molecular formula is C12H27NO2S. The average Bonchev–Trinajstić information content (AvgIpc) is 2.17. The molecule has 0 bridgehead atoms. The van der Waals surface area contributed by atoms with Crippen molar-refractivity contribution in [3.63, 3.8) is 0 Å². The van der Waals surface area contributed by atoms with Crippen molar-refractivity contribution in [2.24, 2.45) is 5.92 Å². The van der Waals surface area contributed by atoms with Gasteiger partial charge in [0, 0.05) is 5.75 Å². The van der Waals surface area contributed by atoms with Crippen molar-refractivity contribution in [3.05, 3.63) is 0 Å². The molecule has 0 aliphatic heterocycles. The van der Waals surface area contributed by atoms with Crippen molar-refractivity contribution in [1.82, 2.24) is 5.32 Å². The van der Waals surface area contributed by atoms with E-state index in [1.165, 1.54) is 0 Å². The van der Waals surface area contributed by atoms with Gasteiger partial charge in [-0.25, -0.2) is 8.42 Å². The minimum atomic E-state index is -2.77. The van der Waals surface area contributed by atoms with Crippen LogP contribution in [0.3, 0.4) is 0 Å². The fourth-order valence-electron chi connectivity index (χ4n) is 1.69. The molecule has 16 heavy (non-hydrogen) atoms. The summed E-state index contributed by atoms with van der Waals surface area (Å²) >= 11 is 0. The molecule has 0 aliphatic carbocycles. The number of rotatable bonds is 10. The van der Waals surface area contributed by atoms with E-state index in [4.69, 9.17) is 0 Å². The maximum Gasteiger partial charge on any atom is 0.150 e. The lowest BCUT2D eigenvalue weighted by Gasteiger charge is -2.11. The fraction of sp³-hybridized carbons (Fsp3) is 1.00. The van der Waals surface area contributed by atoms with Crippen LogP contribution in [0.5, 0.6) is 0 Å². The van der Waals surface area contributed by atoms with E-state index in [-0.39, 0.29) is 0 Å². The Morgan fingerprint density at radius 1 is 1.12 bits per heavy atom. The summed E-state index contributed by atoms with van der Waals surface area (Å²) in [7, 11) is -2.77. The van der Waals surface area contributed by atoms with Gasteiger partial charge in [-0.15, -0.1) is 0 Å². The lowest BCUT2D eigenvalue weighted by molar-refractivity contribution is 0.475. The van der Waals surface area contributed by atoms with Crippen LogP contribution < -0.4 is 5.32 Å². The Morgan fingerprint density at radius 3 is 2.38 bits per heavy atom. The van der Waals surface area contributed by atoms with E-state index >= 15 is 0 Å². The van der Waals surface area contributed by atoms with Crippen LogP contribution in [-0.4, -0.2) is 33.0 Å². The van der Waals surface area contributed by atoms with Crippen LogP contribution in [0, 0.1) is 5.92 Å². The van der Waals surface area contributed by atoms with Crippen molar-refractivity contribution in [3.8, 4) is 0 Å². The molecule has 3 nitrogen and oxygen atoms in total. The van der Waals surface area contributed by atoms with Crippen LogP contribution in [0.1, 0.15) is 46.5 Å². The van der Waals surface area contributed by atoms with Gasteiger partial charge < -0.3 is 5.32 Å². The maximum atomic E-state index is 11.5. The van der Waals surface area contributed by atoms with Gasteiger partial charge in [-0.2, -0.15) is 0 Å². The lowest BCUT2D eigenvalue weighted by atomic mass is 10.1. The Hall–Kier alpha value is -0.0900. The largest absolute Gasteiger partial charge is 0.316 e. The monoisotopic (exact) mass is 249 g/mol. The summed E-state index contributed by atoms with van der Waals surface area (Å²) in [6.07, 6.45) is 3.69. The Bertz CT molecular complexity index is 250. The highest BCUT2D eigenvalue weighted by Crippen LogP contribution is 2.07. The van der Waals surface area contributed by atoms with Crippen molar-refractivity contribution in [1.29, 1.82) is 0 Å². The molecular weight excluding hydrogens is 222 g/mol. The Morgan fingerprint density at radius 2 is 1.81 bits per heavy atom. The smallest absolute Gasteiger partial charge is 0.150 e. The topological polar surface area (TPSA) is 46.2 Å². The predicted molar refractivity (Wildman–Crippen MR) is 70.5 cm³/mol. The number of sulfone groups is 1. The molecule has 1 unspecified atom stereocenters. The zero-order chi connectivity index (χ0) is 12.4. The summed E-state index contributed by atoms with van der Waals surface area (Å²) in [5.41, 5.74) is 0. The summed E-state index contributed by atoms with van der Waals surface area (Å²) in [6, 6.07) is 0. The van der Waals surface area contributed by atoms with Gasteiger partial charge in [0.15, 0.2) is 0 Å². The Labute approximate surface area is 101 Å². The van der Waals surface area contributed by atoms with Gasteiger partial charge >= 0.3 is 0 Å². The first kappa shape index (κ1) is 15.9. The van der Waals surface area contributed by atoms with Crippen LogP contribution in [0.4, 0.5) is 0 Å². The van der Waals surface area contributed by atoms with E-state index in [2.05, 4.69) is 19.2 Å². The minimum Gasteiger partial charge on any atom is -0.316 e. The van der Waals surface area contributed by atoms with E-state index in [1.54, 1.807) is 0 Å². The average molecular weight is 249 g/mol. The quantitative estimate of drug-likeness (QED) is 0.604. The molecule has 0 amide bonds. The molecule has 1 N–H and O–H groups in total. The molecule has 0 saturated heterocycles. The first-order chi connectivity index (χ1) is 7.52. The van der Waals surface area contributed by atoms with E-state index in [1.807, 2.05) is 6.92 Å². The van der Waals surface area contributed by atoms with Gasteiger partial charge in [0.1, 0.15) is 9.84 Å². The minimum absolute atomic E-state index is 0.343. The predicted octanol–water partition coefficient (Wildman–Crippen LogP) is 2.23. The van der Waals surface area contributed by atoms with Crippen molar-refractivity contribution >= 4 is 9.84 Å². The Kier molecular flexibility index (Phi) is 8.94. The van der Waals surface area contributed by atoms with Crippen molar-refractivity contribution in [2.45, 2.75) is 46.5 Å². The zero-order valence-corrected chi connectivity index (χ0v) is 11.8. The van der Waals surface area contributed by atoms with E-state index in [0.717, 1.165) is 38.8 Å². The molecule has 0 spiro atoms. The fourth-order valence-corrected chi connectivity index (χ4v) is 3.12. The molecule has 4 heteroatoms. The van der Waals surface area contributed by atoms with E-state index < -0.39 is 9.84 Å². The SMILES string of the molecule is CCCNCC(C)CCCS(=O)(=O)CCC. The molecule has 0 aromatic rings. The second-order valence-electron chi connectivity index (χ2n) is 4.60. The second kappa shape index (κ2) is 8.99. The third kappa shape index (κ3) is 9.16. The molecule has 1 atom stereocenters. The van der Waals surface area contributed by atoms with Crippen LogP contribution in [0.25, 0.3) is 0 Å². The first-order valence-corrected chi connectivity index (χ1v) is 8.25. The third-order valence-corrected chi connectivity index (χ3v) is 4.53. The van der Waals surface area contributed by atoms with Crippen molar-refractivity contribution in [2.75, 3.05) is 24.6 Å². The number of hydrogen-bond donors (Lipinski definition) is 1. The summed E-state index contributed by atoms with van der Waals surface area (Å²) in [5, 5.41) is 3.36. The zero-order valence-electron chi connectivity index (χ0n) is 11.0. The normalized spacial score (nSPS) is 13.9. The highest BCUT2D eigenvalue weighted by Gasteiger charge is 2.10. The molecule has 0 fully saturated rings. The maximum absolute atomic E-state index is 11.5. The molecule has 0 aromatic heterocycles. The van der Waals surface area contributed by atoms with Gasteiger partial charge in [0.05, 0.1) is 5.75 Å². The van der Waals surface area contributed by atoms with Gasteiger partial charge in [0.2, 0.25) is 0 Å². The molecule has 98 valence electrons. The van der Waals surface area contributed by atoms with Gasteiger partial charge in [0.25, 0.3) is 0 Å². The first-order valence-electron chi connectivity index (χ1n) is 6.43.